The van der Waals surface area contributed by atoms with Gasteiger partial charge in [-0.3, -0.25) is 0 Å². The first-order valence-corrected chi connectivity index (χ1v) is 21.3. The third-order valence-corrected chi connectivity index (χ3v) is 11.8. The molecule has 4 aliphatic rings. The van der Waals surface area contributed by atoms with Gasteiger partial charge in [-0.25, -0.2) is 54.2 Å². The molecule has 0 aromatic carbocycles. The topological polar surface area (TPSA) is 201 Å². The zero-order chi connectivity index (χ0) is 44.2. The normalized spacial score (nSPS) is 20.8. The molecule has 10 rings (SSSR count). The van der Waals surface area contributed by atoms with E-state index in [-0.39, 0.29) is 43.3 Å². The predicted molar refractivity (Wildman–Crippen MR) is 232 cm³/mol. The van der Waals surface area contributed by atoms with E-state index in [2.05, 4.69) is 54.7 Å². The minimum atomic E-state index is -0.532. The summed E-state index contributed by atoms with van der Waals surface area (Å²) >= 11 is 0. The van der Waals surface area contributed by atoms with Crippen LogP contribution in [0, 0.1) is 11.8 Å². The third kappa shape index (κ3) is 9.26. The van der Waals surface area contributed by atoms with Gasteiger partial charge in [-0.05, 0) is 26.0 Å². The summed E-state index contributed by atoms with van der Waals surface area (Å²) in [5.74, 6) is 2.80. The Morgan fingerprint density at radius 2 is 1.08 bits per heavy atom. The Kier molecular flexibility index (Phi) is 12.8. The van der Waals surface area contributed by atoms with E-state index in [0.717, 1.165) is 28.2 Å². The van der Waals surface area contributed by atoms with E-state index >= 15 is 0 Å². The average molecular weight is 875 g/mol. The van der Waals surface area contributed by atoms with E-state index in [1.807, 2.05) is 29.7 Å². The van der Waals surface area contributed by atoms with Crippen LogP contribution in [0.3, 0.4) is 0 Å². The quantitative estimate of drug-likeness (QED) is 0.210. The van der Waals surface area contributed by atoms with Gasteiger partial charge in [0, 0.05) is 130 Å². The molecule has 2 N–H and O–H groups in total. The van der Waals surface area contributed by atoms with E-state index in [0.29, 0.717) is 106 Å². The van der Waals surface area contributed by atoms with E-state index < -0.39 is 5.95 Å². The number of anilines is 4. The zero-order valence-corrected chi connectivity index (χ0v) is 35.5. The molecule has 18 nitrogen and oxygen atoms in total. The fraction of sp³-hybridized carbons (Fsp3) is 0.409. The lowest BCUT2D eigenvalue weighted by atomic mass is 9.99. The molecule has 2 fully saturated rings. The highest BCUT2D eigenvalue weighted by molar-refractivity contribution is 5.58. The lowest BCUT2D eigenvalue weighted by molar-refractivity contribution is 0.00335. The van der Waals surface area contributed by atoms with E-state index in [1.165, 1.54) is 18.2 Å². The molecule has 64 heavy (non-hydrogen) atoms. The molecule has 20 heteroatoms. The van der Waals surface area contributed by atoms with E-state index in [4.69, 9.17) is 14.5 Å². The number of halogens is 2. The number of ether oxygens (including phenoxy) is 2. The molecular weight excluding hydrogens is 827 g/mol. The number of aromatic nitrogens is 10. The summed E-state index contributed by atoms with van der Waals surface area (Å²) in [4.78, 5) is 52.2. The van der Waals surface area contributed by atoms with Crippen LogP contribution in [0.5, 0.6) is 0 Å². The molecule has 0 spiro atoms. The largest absolute Gasteiger partial charge is 0.394 e. The maximum Gasteiger partial charge on any atom is 0.216 e. The number of hydrogen-bond donors (Lipinski definition) is 2. The number of nitrogens with zero attached hydrogens (tertiary/aromatic N) is 14. The van der Waals surface area contributed by atoms with Gasteiger partial charge in [0.2, 0.25) is 5.95 Å². The number of rotatable bonds is 8. The molecule has 6 aromatic rings. The van der Waals surface area contributed by atoms with E-state index in [9.17, 15) is 19.0 Å². The molecule has 0 amide bonds. The Morgan fingerprint density at radius 1 is 0.578 bits per heavy atom. The number of pyridine rings is 2. The van der Waals surface area contributed by atoms with Crippen LogP contribution >= 0.6 is 0 Å². The lowest BCUT2D eigenvalue weighted by Gasteiger charge is -2.37. The van der Waals surface area contributed by atoms with Crippen LogP contribution in [-0.2, 0) is 22.3 Å². The van der Waals surface area contributed by atoms with Gasteiger partial charge in [0.1, 0.15) is 23.3 Å². The van der Waals surface area contributed by atoms with Crippen molar-refractivity contribution in [1.82, 2.24) is 49.8 Å². The summed E-state index contributed by atoms with van der Waals surface area (Å²) < 4.78 is 40.1. The summed E-state index contributed by atoms with van der Waals surface area (Å²) in [5.41, 5.74) is 4.59. The first kappa shape index (κ1) is 42.8. The monoisotopic (exact) mass is 874 g/mol. The number of hydrogen-bond acceptors (Lipinski definition) is 18. The molecule has 2 saturated heterocycles. The second kappa shape index (κ2) is 19.1. The highest BCUT2D eigenvalue weighted by atomic mass is 19.1. The van der Waals surface area contributed by atoms with Crippen LogP contribution < -0.4 is 19.6 Å². The van der Waals surface area contributed by atoms with Gasteiger partial charge in [0.15, 0.2) is 23.3 Å². The van der Waals surface area contributed by atoms with E-state index in [1.54, 1.807) is 49.3 Å². The SMILES string of the molecule is CC1c2cnc(-c3ncccn3)nc2CCN1c1cc(F)cc(N2CCOC(CO)C2)n1.CC1c2cnc(-c3ncccn3)nc2CCN1c1cc(N2CCOC(CO)C2)cc(F)n1. The molecule has 0 aliphatic carbocycles. The molecular formula is C44H48F2N14O4. The van der Waals surface area contributed by atoms with Crippen LogP contribution in [0.1, 0.15) is 48.4 Å². The Morgan fingerprint density at radius 3 is 1.62 bits per heavy atom. The highest BCUT2D eigenvalue weighted by Crippen LogP contribution is 2.36. The average Bonchev–Trinajstić information content (AvgIpc) is 3.34. The summed E-state index contributed by atoms with van der Waals surface area (Å²) in [6, 6.07) is 9.59. The molecule has 0 radical (unpaired) electrons. The number of fused-ring (bicyclic) bond motifs is 2. The van der Waals surface area contributed by atoms with Crippen molar-refractivity contribution < 1.29 is 28.5 Å². The molecule has 332 valence electrons. The number of morpholine rings is 2. The third-order valence-electron chi connectivity index (χ3n) is 11.8. The Hall–Kier alpha value is -6.48. The van der Waals surface area contributed by atoms with Gasteiger partial charge in [-0.1, -0.05) is 0 Å². The first-order valence-electron chi connectivity index (χ1n) is 21.3. The van der Waals surface area contributed by atoms with Crippen molar-refractivity contribution in [3.63, 3.8) is 0 Å². The molecule has 4 atom stereocenters. The highest BCUT2D eigenvalue weighted by Gasteiger charge is 2.31. The lowest BCUT2D eigenvalue weighted by Crippen LogP contribution is -2.44. The van der Waals surface area contributed by atoms with Crippen LogP contribution in [0.2, 0.25) is 0 Å². The van der Waals surface area contributed by atoms with Crippen molar-refractivity contribution in [2.45, 2.75) is 51.0 Å². The minimum Gasteiger partial charge on any atom is -0.394 e. The van der Waals surface area contributed by atoms with Gasteiger partial charge in [0.25, 0.3) is 0 Å². The van der Waals surface area contributed by atoms with Gasteiger partial charge >= 0.3 is 0 Å². The Bertz CT molecular complexity index is 2380. The van der Waals surface area contributed by atoms with Crippen molar-refractivity contribution in [3.05, 3.63) is 108 Å². The van der Waals surface area contributed by atoms with Gasteiger partial charge < -0.3 is 39.3 Å². The smallest absolute Gasteiger partial charge is 0.216 e. The summed E-state index contributed by atoms with van der Waals surface area (Å²) in [6.07, 6.45) is 11.1. The maximum atomic E-state index is 14.6. The molecule has 4 unspecified atom stereocenters. The second-order valence-corrected chi connectivity index (χ2v) is 15.8. The predicted octanol–water partition coefficient (Wildman–Crippen LogP) is 3.58. The molecule has 4 aliphatic heterocycles. The van der Waals surface area contributed by atoms with Crippen molar-refractivity contribution in [1.29, 1.82) is 0 Å². The number of aliphatic hydroxyl groups is 2. The minimum absolute atomic E-state index is 0.0626. The summed E-state index contributed by atoms with van der Waals surface area (Å²) in [6.45, 7) is 8.43. The second-order valence-electron chi connectivity index (χ2n) is 15.8. The standard InChI is InChI=1S/2C22H24FN7O2/c1-14-17-11-26-22(21-24-4-2-5-25-21)27-18(17)3-6-30(14)20-10-15(9-19(23)28-20)29-7-8-32-16(12-29)13-31;1-14-17-11-26-22(21-24-4-2-5-25-21)27-18(17)3-6-30(14)20-10-15(23)9-19(28-20)29-7-8-32-16(12-29)13-31/h2*2,4-5,9-11,14,16,31H,3,6-8,12-13H2,1H3. The van der Waals surface area contributed by atoms with Crippen LogP contribution in [0.15, 0.2) is 73.6 Å². The van der Waals surface area contributed by atoms with Crippen molar-refractivity contribution >= 4 is 23.1 Å². The zero-order valence-electron chi connectivity index (χ0n) is 35.5. The summed E-state index contributed by atoms with van der Waals surface area (Å²) in [5, 5.41) is 18.8. The van der Waals surface area contributed by atoms with Gasteiger partial charge in [-0.15, -0.1) is 0 Å². The van der Waals surface area contributed by atoms with Gasteiger partial charge in [-0.2, -0.15) is 4.39 Å². The molecule has 10 heterocycles. The molecule has 0 bridgehead atoms. The van der Waals surface area contributed by atoms with Crippen molar-refractivity contribution in [3.8, 4) is 23.3 Å². The van der Waals surface area contributed by atoms with Crippen molar-refractivity contribution in [2.75, 3.05) is 85.3 Å². The van der Waals surface area contributed by atoms with Crippen LogP contribution in [0.4, 0.5) is 31.9 Å². The Balaban J connectivity index is 0.000000162. The maximum absolute atomic E-state index is 14.6. The fourth-order valence-electron chi connectivity index (χ4n) is 8.48. The van der Waals surface area contributed by atoms with Gasteiger partial charge in [0.05, 0.1) is 62.1 Å². The summed E-state index contributed by atoms with van der Waals surface area (Å²) in [7, 11) is 0. The van der Waals surface area contributed by atoms with Crippen LogP contribution in [-0.4, -0.2) is 138 Å². The molecule has 6 aromatic heterocycles. The first-order chi connectivity index (χ1) is 31.2. The van der Waals surface area contributed by atoms with Crippen LogP contribution in [0.25, 0.3) is 23.3 Å². The Labute approximate surface area is 368 Å². The van der Waals surface area contributed by atoms with Crippen molar-refractivity contribution in [2.24, 2.45) is 0 Å². The molecule has 0 saturated carbocycles. The fourth-order valence-corrected chi connectivity index (χ4v) is 8.48. The number of aliphatic hydroxyl groups excluding tert-OH is 2.